The molecule has 1 heterocycles. The van der Waals surface area contributed by atoms with Crippen molar-refractivity contribution in [3.8, 4) is 5.75 Å². The third-order valence-electron chi connectivity index (χ3n) is 2.71. The first-order valence-corrected chi connectivity index (χ1v) is 7.53. The molecule has 0 radical (unpaired) electrons. The summed E-state index contributed by atoms with van der Waals surface area (Å²) in [5.74, 6) is 1.72. The number of anilines is 2. The third-order valence-corrected chi connectivity index (χ3v) is 2.71. The molecule has 0 spiro atoms. The van der Waals surface area contributed by atoms with E-state index in [0.29, 0.717) is 37.3 Å². The Morgan fingerprint density at radius 3 is 2.82 bits per heavy atom. The molecular weight excluding hydrogens is 286 g/mol. The van der Waals surface area contributed by atoms with Crippen molar-refractivity contribution in [2.75, 3.05) is 44.0 Å². The number of nitrogens with zero attached hydrogens (tertiary/aromatic N) is 2. The van der Waals surface area contributed by atoms with E-state index in [1.54, 1.807) is 20.2 Å². The maximum absolute atomic E-state index is 11.1. The molecule has 0 saturated carbocycles. The number of amides is 1. The molecule has 3 N–H and O–H groups in total. The molecule has 0 aliphatic heterocycles. The SMILES string of the molecule is CCCCNc1nc(NC)ncc1OCCNC(=O)OCC. The zero-order valence-electron chi connectivity index (χ0n) is 13.4. The van der Waals surface area contributed by atoms with Crippen LogP contribution in [-0.4, -0.2) is 49.4 Å². The normalized spacial score (nSPS) is 9.95. The Bertz CT molecular complexity index is 456. The molecule has 0 atom stereocenters. The van der Waals surface area contributed by atoms with Crippen LogP contribution in [0.15, 0.2) is 6.20 Å². The molecule has 1 aromatic rings. The summed E-state index contributed by atoms with van der Waals surface area (Å²) >= 11 is 0. The Balaban J connectivity index is 2.51. The van der Waals surface area contributed by atoms with Crippen molar-refractivity contribution in [2.24, 2.45) is 0 Å². The van der Waals surface area contributed by atoms with Gasteiger partial charge in [-0.15, -0.1) is 0 Å². The lowest BCUT2D eigenvalue weighted by Gasteiger charge is -2.13. The highest BCUT2D eigenvalue weighted by atomic mass is 16.5. The van der Waals surface area contributed by atoms with Gasteiger partial charge in [-0.2, -0.15) is 4.98 Å². The number of ether oxygens (including phenoxy) is 2. The molecule has 1 rings (SSSR count). The summed E-state index contributed by atoms with van der Waals surface area (Å²) in [7, 11) is 1.76. The van der Waals surface area contributed by atoms with Crippen LogP contribution in [0.5, 0.6) is 5.75 Å². The number of rotatable bonds is 10. The van der Waals surface area contributed by atoms with Gasteiger partial charge in [-0.1, -0.05) is 13.3 Å². The molecule has 1 aromatic heterocycles. The number of carbonyl (C=O) groups is 1. The standard InChI is InChI=1S/C14H25N5O3/c1-4-6-7-16-12-11(10-18-13(15-3)19-12)22-9-8-17-14(20)21-5-2/h10H,4-9H2,1-3H3,(H,17,20)(H2,15,16,18,19). The average molecular weight is 311 g/mol. The van der Waals surface area contributed by atoms with Crippen LogP contribution >= 0.6 is 0 Å². The number of aromatic nitrogens is 2. The van der Waals surface area contributed by atoms with Crippen molar-refractivity contribution in [3.63, 3.8) is 0 Å². The van der Waals surface area contributed by atoms with Crippen LogP contribution in [-0.2, 0) is 4.74 Å². The lowest BCUT2D eigenvalue weighted by atomic mass is 10.3. The summed E-state index contributed by atoms with van der Waals surface area (Å²) < 4.78 is 10.4. The first kappa shape index (κ1) is 17.8. The smallest absolute Gasteiger partial charge is 0.407 e. The van der Waals surface area contributed by atoms with Crippen LogP contribution < -0.4 is 20.7 Å². The molecule has 124 valence electrons. The fraction of sp³-hybridized carbons (Fsp3) is 0.643. The van der Waals surface area contributed by atoms with E-state index >= 15 is 0 Å². The van der Waals surface area contributed by atoms with Gasteiger partial charge in [-0.25, -0.2) is 9.78 Å². The second-order valence-corrected chi connectivity index (χ2v) is 4.43. The number of hydrogen-bond acceptors (Lipinski definition) is 7. The van der Waals surface area contributed by atoms with Crippen LogP contribution in [0.25, 0.3) is 0 Å². The fourth-order valence-electron chi connectivity index (χ4n) is 1.60. The van der Waals surface area contributed by atoms with Gasteiger partial charge in [0.1, 0.15) is 6.61 Å². The monoisotopic (exact) mass is 311 g/mol. The maximum atomic E-state index is 11.1. The van der Waals surface area contributed by atoms with E-state index in [2.05, 4.69) is 32.8 Å². The molecule has 1 amide bonds. The zero-order chi connectivity index (χ0) is 16.2. The molecule has 0 fully saturated rings. The summed E-state index contributed by atoms with van der Waals surface area (Å²) in [6.45, 7) is 5.69. The van der Waals surface area contributed by atoms with Gasteiger partial charge in [0, 0.05) is 13.6 Å². The van der Waals surface area contributed by atoms with Gasteiger partial charge >= 0.3 is 6.09 Å². The van der Waals surface area contributed by atoms with E-state index in [-0.39, 0.29) is 0 Å². The van der Waals surface area contributed by atoms with E-state index < -0.39 is 6.09 Å². The van der Waals surface area contributed by atoms with Crippen LogP contribution in [0.2, 0.25) is 0 Å². The van der Waals surface area contributed by atoms with Gasteiger partial charge in [0.15, 0.2) is 11.6 Å². The molecule has 22 heavy (non-hydrogen) atoms. The molecule has 8 heteroatoms. The summed E-state index contributed by atoms with van der Waals surface area (Å²) in [6.07, 6.45) is 3.30. The Kier molecular flexibility index (Phi) is 8.47. The Labute approximate surface area is 131 Å². The van der Waals surface area contributed by atoms with Crippen molar-refractivity contribution >= 4 is 17.9 Å². The van der Waals surface area contributed by atoms with Crippen molar-refractivity contribution in [2.45, 2.75) is 26.7 Å². The van der Waals surface area contributed by atoms with E-state index in [1.807, 2.05) is 0 Å². The third kappa shape index (κ3) is 6.47. The maximum Gasteiger partial charge on any atom is 0.407 e. The first-order valence-electron chi connectivity index (χ1n) is 7.53. The van der Waals surface area contributed by atoms with Gasteiger partial charge in [0.25, 0.3) is 0 Å². The summed E-state index contributed by atoms with van der Waals surface area (Å²) in [5.41, 5.74) is 0. The molecule has 0 aromatic carbocycles. The van der Waals surface area contributed by atoms with E-state index in [9.17, 15) is 4.79 Å². The second kappa shape index (κ2) is 10.5. The topological polar surface area (TPSA) is 97.4 Å². The van der Waals surface area contributed by atoms with Crippen LogP contribution in [0.3, 0.4) is 0 Å². The van der Waals surface area contributed by atoms with E-state index in [0.717, 1.165) is 19.4 Å². The van der Waals surface area contributed by atoms with Crippen LogP contribution in [0, 0.1) is 0 Å². The molecule has 0 unspecified atom stereocenters. The predicted molar refractivity (Wildman–Crippen MR) is 85.5 cm³/mol. The largest absolute Gasteiger partial charge is 0.486 e. The lowest BCUT2D eigenvalue weighted by molar-refractivity contribution is 0.150. The fourth-order valence-corrected chi connectivity index (χ4v) is 1.60. The predicted octanol–water partition coefficient (Wildman–Crippen LogP) is 1.86. The summed E-state index contributed by atoms with van der Waals surface area (Å²) in [6, 6.07) is 0. The quantitative estimate of drug-likeness (QED) is 0.567. The van der Waals surface area contributed by atoms with Crippen LogP contribution in [0.1, 0.15) is 26.7 Å². The number of alkyl carbamates (subject to hydrolysis) is 1. The van der Waals surface area contributed by atoms with Gasteiger partial charge in [-0.05, 0) is 13.3 Å². The molecule has 0 aliphatic rings. The summed E-state index contributed by atoms with van der Waals surface area (Å²) in [5, 5.41) is 8.71. The average Bonchev–Trinajstić information content (AvgIpc) is 2.53. The minimum Gasteiger partial charge on any atom is -0.486 e. The Morgan fingerprint density at radius 1 is 1.32 bits per heavy atom. The lowest BCUT2D eigenvalue weighted by Crippen LogP contribution is -2.28. The molecule has 8 nitrogen and oxygen atoms in total. The highest BCUT2D eigenvalue weighted by molar-refractivity contribution is 5.67. The van der Waals surface area contributed by atoms with Crippen molar-refractivity contribution in [1.29, 1.82) is 0 Å². The minimum absolute atomic E-state index is 0.309. The number of carbonyl (C=O) groups excluding carboxylic acids is 1. The van der Waals surface area contributed by atoms with Crippen molar-refractivity contribution in [3.05, 3.63) is 6.20 Å². The number of nitrogens with one attached hydrogen (secondary N) is 3. The Hall–Kier alpha value is -2.25. The summed E-state index contributed by atoms with van der Waals surface area (Å²) in [4.78, 5) is 19.6. The minimum atomic E-state index is -0.450. The van der Waals surface area contributed by atoms with E-state index in [4.69, 9.17) is 9.47 Å². The Morgan fingerprint density at radius 2 is 2.14 bits per heavy atom. The van der Waals surface area contributed by atoms with E-state index in [1.165, 1.54) is 0 Å². The molecule has 0 saturated heterocycles. The molecule has 0 aliphatic carbocycles. The van der Waals surface area contributed by atoms with Crippen molar-refractivity contribution in [1.82, 2.24) is 15.3 Å². The molecular formula is C14H25N5O3. The van der Waals surface area contributed by atoms with Crippen molar-refractivity contribution < 1.29 is 14.3 Å². The number of hydrogen-bond donors (Lipinski definition) is 3. The van der Waals surface area contributed by atoms with Gasteiger partial charge < -0.3 is 25.4 Å². The first-order chi connectivity index (χ1) is 10.7. The van der Waals surface area contributed by atoms with Crippen LogP contribution in [0.4, 0.5) is 16.6 Å². The second-order valence-electron chi connectivity index (χ2n) is 4.43. The van der Waals surface area contributed by atoms with Gasteiger partial charge in [0.05, 0.1) is 19.3 Å². The number of unbranched alkanes of at least 4 members (excludes halogenated alkanes) is 1. The highest BCUT2D eigenvalue weighted by Crippen LogP contribution is 2.22. The van der Waals surface area contributed by atoms with Gasteiger partial charge in [0.2, 0.25) is 5.95 Å². The molecule has 0 bridgehead atoms. The zero-order valence-corrected chi connectivity index (χ0v) is 13.4. The van der Waals surface area contributed by atoms with Gasteiger partial charge in [-0.3, -0.25) is 0 Å². The highest BCUT2D eigenvalue weighted by Gasteiger charge is 2.08.